The lowest BCUT2D eigenvalue weighted by atomic mass is 10.2. The van der Waals surface area contributed by atoms with Crippen molar-refractivity contribution in [3.63, 3.8) is 0 Å². The molecule has 2 heterocycles. The van der Waals surface area contributed by atoms with E-state index in [0.717, 1.165) is 5.69 Å². The number of sulfone groups is 1. The first-order valence-corrected chi connectivity index (χ1v) is 6.89. The predicted molar refractivity (Wildman–Crippen MR) is 61.5 cm³/mol. The molecule has 6 heteroatoms. The van der Waals surface area contributed by atoms with Gasteiger partial charge in [0.15, 0.2) is 9.84 Å². The fourth-order valence-corrected chi connectivity index (χ4v) is 3.47. The number of hydrogen-bond donors (Lipinski definition) is 1. The van der Waals surface area contributed by atoms with E-state index in [4.69, 9.17) is 4.74 Å². The van der Waals surface area contributed by atoms with Gasteiger partial charge in [0.1, 0.15) is 0 Å². The van der Waals surface area contributed by atoms with Crippen molar-refractivity contribution in [2.45, 2.75) is 12.5 Å². The minimum Gasteiger partial charge on any atom is -0.480 e. The number of anilines is 1. The van der Waals surface area contributed by atoms with Crippen molar-refractivity contribution in [3.8, 4) is 5.88 Å². The summed E-state index contributed by atoms with van der Waals surface area (Å²) in [5.74, 6) is 0.935. The number of methoxy groups -OCH3 is 1. The number of rotatable bonds is 3. The van der Waals surface area contributed by atoms with E-state index in [9.17, 15) is 8.42 Å². The second kappa shape index (κ2) is 4.29. The van der Waals surface area contributed by atoms with E-state index >= 15 is 0 Å². The largest absolute Gasteiger partial charge is 0.480 e. The van der Waals surface area contributed by atoms with Crippen molar-refractivity contribution >= 4 is 15.5 Å². The summed E-state index contributed by atoms with van der Waals surface area (Å²) in [7, 11) is -1.32. The smallest absolute Gasteiger partial charge is 0.237 e. The highest BCUT2D eigenvalue weighted by molar-refractivity contribution is 7.91. The summed E-state index contributed by atoms with van der Waals surface area (Å²) in [6, 6.07) is 3.58. The summed E-state index contributed by atoms with van der Waals surface area (Å²) in [5, 5.41) is 3.15. The van der Waals surface area contributed by atoms with E-state index in [-0.39, 0.29) is 17.5 Å². The molecule has 1 atom stereocenters. The molecule has 0 spiro atoms. The fourth-order valence-electron chi connectivity index (χ4n) is 1.79. The van der Waals surface area contributed by atoms with Crippen LogP contribution in [0.4, 0.5) is 5.69 Å². The number of hydrogen-bond acceptors (Lipinski definition) is 5. The van der Waals surface area contributed by atoms with E-state index < -0.39 is 9.84 Å². The van der Waals surface area contributed by atoms with Gasteiger partial charge in [0.05, 0.1) is 24.3 Å². The highest BCUT2D eigenvalue weighted by Gasteiger charge is 2.28. The van der Waals surface area contributed by atoms with Crippen molar-refractivity contribution < 1.29 is 13.2 Å². The zero-order chi connectivity index (χ0) is 11.6. The Morgan fingerprint density at radius 2 is 2.38 bits per heavy atom. The van der Waals surface area contributed by atoms with Crippen LogP contribution >= 0.6 is 0 Å². The summed E-state index contributed by atoms with van der Waals surface area (Å²) in [6.07, 6.45) is 2.27. The Labute approximate surface area is 94.8 Å². The minimum atomic E-state index is -2.86. The van der Waals surface area contributed by atoms with Crippen LogP contribution in [0.2, 0.25) is 0 Å². The third kappa shape index (κ3) is 2.44. The van der Waals surface area contributed by atoms with Crippen molar-refractivity contribution in [1.82, 2.24) is 4.98 Å². The van der Waals surface area contributed by atoms with Gasteiger partial charge in [0.25, 0.3) is 0 Å². The number of nitrogens with zero attached hydrogens (tertiary/aromatic N) is 1. The van der Waals surface area contributed by atoms with E-state index in [2.05, 4.69) is 10.3 Å². The first kappa shape index (κ1) is 11.2. The Bertz CT molecular complexity index is 473. The quantitative estimate of drug-likeness (QED) is 0.844. The molecule has 1 aliphatic rings. The van der Waals surface area contributed by atoms with Crippen molar-refractivity contribution in [1.29, 1.82) is 0 Å². The summed E-state index contributed by atoms with van der Waals surface area (Å²) in [6.45, 7) is 0. The molecule has 5 nitrogen and oxygen atoms in total. The normalized spacial score (nSPS) is 22.9. The van der Waals surface area contributed by atoms with E-state index in [1.165, 1.54) is 0 Å². The molecule has 1 aliphatic heterocycles. The monoisotopic (exact) mass is 242 g/mol. The molecule has 16 heavy (non-hydrogen) atoms. The van der Waals surface area contributed by atoms with Crippen LogP contribution in [0, 0.1) is 0 Å². The molecule has 0 aliphatic carbocycles. The Hall–Kier alpha value is -1.30. The average molecular weight is 242 g/mol. The molecule has 2 rings (SSSR count). The number of pyridine rings is 1. The molecule has 0 radical (unpaired) electrons. The molecule has 0 saturated carbocycles. The second-order valence-electron chi connectivity index (χ2n) is 3.80. The molecule has 1 fully saturated rings. The van der Waals surface area contributed by atoms with Gasteiger partial charge in [-0.1, -0.05) is 0 Å². The predicted octanol–water partition coefficient (Wildman–Crippen LogP) is 0.689. The molecule has 0 amide bonds. The molecule has 1 N–H and O–H groups in total. The highest BCUT2D eigenvalue weighted by atomic mass is 32.2. The van der Waals surface area contributed by atoms with E-state index in [1.807, 2.05) is 6.07 Å². The van der Waals surface area contributed by atoms with Crippen molar-refractivity contribution in [2.75, 3.05) is 23.9 Å². The van der Waals surface area contributed by atoms with Crippen molar-refractivity contribution in [3.05, 3.63) is 18.3 Å². The van der Waals surface area contributed by atoms with Gasteiger partial charge in [-0.15, -0.1) is 0 Å². The van der Waals surface area contributed by atoms with Gasteiger partial charge >= 0.3 is 0 Å². The maximum atomic E-state index is 11.3. The summed E-state index contributed by atoms with van der Waals surface area (Å²) in [4.78, 5) is 4.04. The van der Waals surface area contributed by atoms with Gasteiger partial charge in [-0.05, 0) is 18.6 Å². The number of nitrogens with one attached hydrogen (secondary N) is 1. The number of aromatic nitrogens is 1. The molecule has 1 aromatic rings. The standard InChI is InChI=1S/C10H14N2O3S/c1-15-10-9(3-2-5-11-10)12-8-4-6-16(13,14)7-8/h2-3,5,8,12H,4,6-7H2,1H3. The molecule has 1 aromatic heterocycles. The Kier molecular flexibility index (Phi) is 3.00. The molecule has 1 unspecified atom stereocenters. The van der Waals surface area contributed by atoms with Crippen molar-refractivity contribution in [2.24, 2.45) is 0 Å². The van der Waals surface area contributed by atoms with Crippen LogP contribution in [-0.4, -0.2) is 38.1 Å². The molecular weight excluding hydrogens is 228 g/mol. The van der Waals surface area contributed by atoms with Crippen LogP contribution in [0.3, 0.4) is 0 Å². The Morgan fingerprint density at radius 3 is 3.00 bits per heavy atom. The Morgan fingerprint density at radius 1 is 1.56 bits per heavy atom. The third-order valence-electron chi connectivity index (χ3n) is 2.56. The second-order valence-corrected chi connectivity index (χ2v) is 6.03. The first-order chi connectivity index (χ1) is 7.61. The summed E-state index contributed by atoms with van der Waals surface area (Å²) >= 11 is 0. The zero-order valence-electron chi connectivity index (χ0n) is 9.01. The van der Waals surface area contributed by atoms with E-state index in [1.54, 1.807) is 19.4 Å². The van der Waals surface area contributed by atoms with Gasteiger partial charge < -0.3 is 10.1 Å². The lowest BCUT2D eigenvalue weighted by Crippen LogP contribution is -2.21. The first-order valence-electron chi connectivity index (χ1n) is 5.07. The molecule has 1 saturated heterocycles. The van der Waals surface area contributed by atoms with Crippen LogP contribution in [0.25, 0.3) is 0 Å². The van der Waals surface area contributed by atoms with Crippen LogP contribution in [0.1, 0.15) is 6.42 Å². The van der Waals surface area contributed by atoms with E-state index in [0.29, 0.717) is 12.3 Å². The maximum absolute atomic E-state index is 11.3. The molecule has 0 bridgehead atoms. The van der Waals surface area contributed by atoms with Crippen LogP contribution in [0.15, 0.2) is 18.3 Å². The van der Waals surface area contributed by atoms with Gasteiger partial charge in [0, 0.05) is 12.2 Å². The van der Waals surface area contributed by atoms with Crippen LogP contribution in [-0.2, 0) is 9.84 Å². The van der Waals surface area contributed by atoms with Crippen LogP contribution in [0.5, 0.6) is 5.88 Å². The minimum absolute atomic E-state index is 0.0388. The molecular formula is C10H14N2O3S. The molecule has 0 aromatic carbocycles. The SMILES string of the molecule is COc1ncccc1NC1CCS(=O)(=O)C1. The summed E-state index contributed by atoms with van der Waals surface area (Å²) in [5.41, 5.74) is 0.743. The topological polar surface area (TPSA) is 68.3 Å². The highest BCUT2D eigenvalue weighted by Crippen LogP contribution is 2.23. The Balaban J connectivity index is 2.10. The maximum Gasteiger partial charge on any atom is 0.237 e. The number of ether oxygens (including phenoxy) is 1. The molecule has 88 valence electrons. The lowest BCUT2D eigenvalue weighted by Gasteiger charge is -2.14. The average Bonchev–Trinajstić information content (AvgIpc) is 2.59. The van der Waals surface area contributed by atoms with Gasteiger partial charge in [-0.25, -0.2) is 13.4 Å². The fraction of sp³-hybridized carbons (Fsp3) is 0.500. The van der Waals surface area contributed by atoms with Gasteiger partial charge in [-0.2, -0.15) is 0 Å². The van der Waals surface area contributed by atoms with Gasteiger partial charge in [0.2, 0.25) is 5.88 Å². The lowest BCUT2D eigenvalue weighted by molar-refractivity contribution is 0.399. The zero-order valence-corrected chi connectivity index (χ0v) is 9.83. The van der Waals surface area contributed by atoms with Gasteiger partial charge in [-0.3, -0.25) is 0 Å². The third-order valence-corrected chi connectivity index (χ3v) is 4.32. The summed E-state index contributed by atoms with van der Waals surface area (Å²) < 4.78 is 27.7. The van der Waals surface area contributed by atoms with Crippen LogP contribution < -0.4 is 10.1 Å².